The van der Waals surface area contributed by atoms with Crippen molar-refractivity contribution in [2.45, 2.75) is 13.0 Å². The summed E-state index contributed by atoms with van der Waals surface area (Å²) in [7, 11) is 0. The molecule has 1 aliphatic rings. The van der Waals surface area contributed by atoms with Gasteiger partial charge < -0.3 is 20.5 Å². The van der Waals surface area contributed by atoms with Crippen molar-refractivity contribution in [2.75, 3.05) is 18.5 Å². The molecule has 114 valence electrons. The van der Waals surface area contributed by atoms with Crippen molar-refractivity contribution in [1.29, 1.82) is 0 Å². The number of rotatable bonds is 3. The van der Waals surface area contributed by atoms with E-state index in [0.717, 1.165) is 17.0 Å². The quantitative estimate of drug-likeness (QED) is 0.902. The van der Waals surface area contributed by atoms with Crippen LogP contribution in [0.2, 0.25) is 0 Å². The maximum atomic E-state index is 11.6. The second kappa shape index (κ2) is 6.03. The van der Waals surface area contributed by atoms with Crippen molar-refractivity contribution in [3.63, 3.8) is 0 Å². The van der Waals surface area contributed by atoms with Gasteiger partial charge in [0.25, 0.3) is 0 Å². The number of nitrogens with zero attached hydrogens (tertiary/aromatic N) is 1. The highest BCUT2D eigenvalue weighted by molar-refractivity contribution is 5.93. The molecule has 0 saturated carbocycles. The summed E-state index contributed by atoms with van der Waals surface area (Å²) in [5.41, 5.74) is 7.16. The molecule has 6 heteroatoms. The Balaban J connectivity index is 1.87. The summed E-state index contributed by atoms with van der Waals surface area (Å²) in [6, 6.07) is 10.5. The molecule has 0 unspecified atom stereocenters. The van der Waals surface area contributed by atoms with Gasteiger partial charge in [-0.25, -0.2) is 4.98 Å². The predicted molar refractivity (Wildman–Crippen MR) is 82.9 cm³/mol. The molecule has 0 aliphatic carbocycles. The van der Waals surface area contributed by atoms with Crippen LogP contribution in [-0.2, 0) is 4.79 Å². The first-order chi connectivity index (χ1) is 10.6. The summed E-state index contributed by atoms with van der Waals surface area (Å²) in [6.07, 6.45) is 0. The van der Waals surface area contributed by atoms with Gasteiger partial charge >= 0.3 is 0 Å². The number of benzene rings is 1. The highest BCUT2D eigenvalue weighted by Gasteiger charge is 2.13. The lowest BCUT2D eigenvalue weighted by molar-refractivity contribution is -0.117. The van der Waals surface area contributed by atoms with Crippen molar-refractivity contribution in [1.82, 2.24) is 4.98 Å². The topological polar surface area (TPSA) is 86.5 Å². The first kappa shape index (κ1) is 14.3. The average Bonchev–Trinajstić information content (AvgIpc) is 2.54. The SMILES string of the molecule is C[C@@H](N)C(=O)Nc1cccc(-c2ccc3c(c2)OCCO3)n1. The molecule has 0 bridgehead atoms. The monoisotopic (exact) mass is 299 g/mol. The van der Waals surface area contributed by atoms with Gasteiger partial charge in [-0.1, -0.05) is 6.07 Å². The molecule has 1 aliphatic heterocycles. The van der Waals surface area contributed by atoms with Gasteiger partial charge in [0, 0.05) is 5.56 Å². The molecule has 1 aromatic heterocycles. The van der Waals surface area contributed by atoms with E-state index >= 15 is 0 Å². The van der Waals surface area contributed by atoms with Crippen molar-refractivity contribution in [3.8, 4) is 22.8 Å². The van der Waals surface area contributed by atoms with Crippen molar-refractivity contribution in [3.05, 3.63) is 36.4 Å². The molecule has 1 atom stereocenters. The standard InChI is InChI=1S/C16H17N3O3/c1-10(17)16(20)19-15-4-2-3-12(18-15)11-5-6-13-14(9-11)22-8-7-21-13/h2-6,9-10H,7-8,17H2,1H3,(H,18,19,20)/t10-/m1/s1. The maximum Gasteiger partial charge on any atom is 0.242 e. The van der Waals surface area contributed by atoms with Crippen LogP contribution in [0.25, 0.3) is 11.3 Å². The molecule has 1 aromatic carbocycles. The first-order valence-electron chi connectivity index (χ1n) is 7.07. The second-order valence-electron chi connectivity index (χ2n) is 5.04. The van der Waals surface area contributed by atoms with Gasteiger partial charge in [0.05, 0.1) is 11.7 Å². The number of anilines is 1. The zero-order chi connectivity index (χ0) is 15.5. The van der Waals surface area contributed by atoms with E-state index in [2.05, 4.69) is 10.3 Å². The van der Waals surface area contributed by atoms with Gasteiger partial charge in [-0.15, -0.1) is 0 Å². The van der Waals surface area contributed by atoms with E-state index in [1.807, 2.05) is 30.3 Å². The summed E-state index contributed by atoms with van der Waals surface area (Å²) in [4.78, 5) is 16.1. The van der Waals surface area contributed by atoms with Gasteiger partial charge in [-0.3, -0.25) is 4.79 Å². The van der Waals surface area contributed by atoms with E-state index < -0.39 is 6.04 Å². The fraction of sp³-hybridized carbons (Fsp3) is 0.250. The van der Waals surface area contributed by atoms with Gasteiger partial charge in [0.2, 0.25) is 5.91 Å². The third-order valence-electron chi connectivity index (χ3n) is 3.25. The third-order valence-corrected chi connectivity index (χ3v) is 3.25. The van der Waals surface area contributed by atoms with E-state index in [4.69, 9.17) is 15.2 Å². The number of nitrogens with one attached hydrogen (secondary N) is 1. The number of hydrogen-bond donors (Lipinski definition) is 2. The molecule has 0 saturated heterocycles. The third kappa shape index (κ3) is 3.01. The molecular weight excluding hydrogens is 282 g/mol. The summed E-state index contributed by atoms with van der Waals surface area (Å²) in [5, 5.41) is 2.68. The number of carbonyl (C=O) groups is 1. The summed E-state index contributed by atoms with van der Waals surface area (Å²) < 4.78 is 11.1. The minimum atomic E-state index is -0.584. The molecular formula is C16H17N3O3. The van der Waals surface area contributed by atoms with Gasteiger partial charge in [0.1, 0.15) is 19.0 Å². The Hall–Kier alpha value is -2.60. The molecule has 3 N–H and O–H groups in total. The number of fused-ring (bicyclic) bond motifs is 1. The first-order valence-corrected chi connectivity index (χ1v) is 7.07. The minimum Gasteiger partial charge on any atom is -0.486 e. The van der Waals surface area contributed by atoms with E-state index in [1.165, 1.54) is 0 Å². The second-order valence-corrected chi connectivity index (χ2v) is 5.04. The Kier molecular flexibility index (Phi) is 3.93. The predicted octanol–water partition coefficient (Wildman–Crippen LogP) is 1.81. The Bertz CT molecular complexity index is 701. The lowest BCUT2D eigenvalue weighted by atomic mass is 10.1. The minimum absolute atomic E-state index is 0.271. The van der Waals surface area contributed by atoms with Crippen LogP contribution in [0, 0.1) is 0 Å². The molecule has 0 spiro atoms. The highest BCUT2D eigenvalue weighted by Crippen LogP contribution is 2.34. The van der Waals surface area contributed by atoms with E-state index in [-0.39, 0.29) is 5.91 Å². The lowest BCUT2D eigenvalue weighted by Gasteiger charge is -2.18. The highest BCUT2D eigenvalue weighted by atomic mass is 16.6. The van der Waals surface area contributed by atoms with Crippen molar-refractivity contribution < 1.29 is 14.3 Å². The Labute approximate surface area is 128 Å². The van der Waals surface area contributed by atoms with E-state index in [1.54, 1.807) is 13.0 Å². The number of aromatic nitrogens is 1. The largest absolute Gasteiger partial charge is 0.486 e. The molecule has 6 nitrogen and oxygen atoms in total. The number of hydrogen-bond acceptors (Lipinski definition) is 5. The van der Waals surface area contributed by atoms with Gasteiger partial charge in [-0.2, -0.15) is 0 Å². The number of ether oxygens (including phenoxy) is 2. The Morgan fingerprint density at radius 1 is 1.23 bits per heavy atom. The maximum absolute atomic E-state index is 11.6. The van der Waals surface area contributed by atoms with Gasteiger partial charge in [0.15, 0.2) is 11.5 Å². The van der Waals surface area contributed by atoms with Crippen molar-refractivity contribution >= 4 is 11.7 Å². The molecule has 3 rings (SSSR count). The number of amides is 1. The normalized spacial score (nSPS) is 14.3. The van der Waals surface area contributed by atoms with E-state index in [0.29, 0.717) is 24.8 Å². The molecule has 0 fully saturated rings. The molecule has 22 heavy (non-hydrogen) atoms. The van der Waals surface area contributed by atoms with Crippen LogP contribution < -0.4 is 20.5 Å². The van der Waals surface area contributed by atoms with Gasteiger partial charge in [-0.05, 0) is 37.3 Å². The van der Waals surface area contributed by atoms with Crippen LogP contribution in [0.3, 0.4) is 0 Å². The lowest BCUT2D eigenvalue weighted by Crippen LogP contribution is -2.32. The molecule has 2 heterocycles. The molecule has 0 radical (unpaired) electrons. The molecule has 1 amide bonds. The zero-order valence-electron chi connectivity index (χ0n) is 12.2. The smallest absolute Gasteiger partial charge is 0.242 e. The summed E-state index contributed by atoms with van der Waals surface area (Å²) in [5.74, 6) is 1.63. The Morgan fingerprint density at radius 2 is 2.00 bits per heavy atom. The summed E-state index contributed by atoms with van der Waals surface area (Å²) in [6.45, 7) is 2.72. The van der Waals surface area contributed by atoms with Crippen LogP contribution in [0.4, 0.5) is 5.82 Å². The Morgan fingerprint density at radius 3 is 2.77 bits per heavy atom. The fourth-order valence-corrected chi connectivity index (χ4v) is 2.11. The van der Waals surface area contributed by atoms with Crippen LogP contribution >= 0.6 is 0 Å². The van der Waals surface area contributed by atoms with Crippen LogP contribution in [0.15, 0.2) is 36.4 Å². The average molecular weight is 299 g/mol. The number of pyridine rings is 1. The van der Waals surface area contributed by atoms with Crippen LogP contribution in [0.5, 0.6) is 11.5 Å². The zero-order valence-corrected chi connectivity index (χ0v) is 12.2. The fourth-order valence-electron chi connectivity index (χ4n) is 2.11. The summed E-state index contributed by atoms with van der Waals surface area (Å²) >= 11 is 0. The van der Waals surface area contributed by atoms with Crippen LogP contribution in [0.1, 0.15) is 6.92 Å². The van der Waals surface area contributed by atoms with Crippen LogP contribution in [-0.4, -0.2) is 30.1 Å². The van der Waals surface area contributed by atoms with Crippen molar-refractivity contribution in [2.24, 2.45) is 5.73 Å². The van der Waals surface area contributed by atoms with E-state index in [9.17, 15) is 4.79 Å². The number of carbonyl (C=O) groups excluding carboxylic acids is 1. The number of nitrogens with two attached hydrogens (primary N) is 1. The molecule has 2 aromatic rings.